The van der Waals surface area contributed by atoms with E-state index in [0.717, 1.165) is 63.5 Å². The molecular formula is C42H46N2O8. The number of H-pyrrole nitrogens is 1. The van der Waals surface area contributed by atoms with Crippen LogP contribution in [0.2, 0.25) is 0 Å². The number of aromatic hydroxyl groups is 2. The van der Waals surface area contributed by atoms with Crippen LogP contribution in [0, 0.1) is 0 Å². The summed E-state index contributed by atoms with van der Waals surface area (Å²) in [5.41, 5.74) is 7.97. The van der Waals surface area contributed by atoms with Gasteiger partial charge in [0.15, 0.2) is 17.6 Å². The minimum Gasteiger partial charge on any atom is -0.508 e. The molecule has 8 rings (SSSR count). The Hall–Kier alpha value is -4.74. The van der Waals surface area contributed by atoms with Crippen molar-refractivity contribution in [3.8, 4) is 39.9 Å². The van der Waals surface area contributed by atoms with Crippen LogP contribution in [-0.4, -0.2) is 70.7 Å². The molecule has 2 heterocycles. The maximum absolute atomic E-state index is 10.7. The maximum Gasteiger partial charge on any atom is 0.160 e. The number of methoxy groups -OCH3 is 1. The van der Waals surface area contributed by atoms with Gasteiger partial charge in [0, 0.05) is 41.4 Å². The summed E-state index contributed by atoms with van der Waals surface area (Å²) >= 11 is 0. The number of aromatic amines is 1. The largest absolute Gasteiger partial charge is 0.508 e. The van der Waals surface area contributed by atoms with Gasteiger partial charge in [-0.1, -0.05) is 31.0 Å². The van der Waals surface area contributed by atoms with Gasteiger partial charge in [-0.25, -0.2) is 0 Å². The Labute approximate surface area is 302 Å². The molecule has 0 saturated heterocycles. The van der Waals surface area contributed by atoms with Gasteiger partial charge in [0.05, 0.1) is 27.1 Å². The molecule has 272 valence electrons. The molecule has 4 aromatic carbocycles. The van der Waals surface area contributed by atoms with Crippen LogP contribution >= 0.6 is 0 Å². The zero-order valence-electron chi connectivity index (χ0n) is 29.3. The molecule has 6 N–H and O–H groups in total. The van der Waals surface area contributed by atoms with Gasteiger partial charge < -0.3 is 44.4 Å². The van der Waals surface area contributed by atoms with Gasteiger partial charge in [-0.3, -0.25) is 5.32 Å². The van der Waals surface area contributed by atoms with E-state index in [1.54, 1.807) is 18.2 Å². The summed E-state index contributed by atoms with van der Waals surface area (Å²) in [5, 5.41) is 46.0. The molecule has 3 atom stereocenters. The fourth-order valence-electron chi connectivity index (χ4n) is 8.37. The quantitative estimate of drug-likeness (QED) is 0.0810. The maximum atomic E-state index is 10.7. The highest BCUT2D eigenvalue weighted by Gasteiger charge is 2.39. The average Bonchev–Trinajstić information content (AvgIpc) is 3.86. The standard InChI is InChI=1S/C42H46N2O8/c1-49-38-17-26(7-11-36(38)48)42-40(50-23-44-28-4-2-3-5-28)19-33-34-16-27(15-24-6-10-35-25(14-24)12-13-43-35)32-18-29(47)8-9-31(32)41(34)39(20-37(33)52-42)51-30(21-45)22-46/h6-14,17-18,20,27-28,30,40,42-48H,2-5,15-16,19,21-23H2,1H3. The average molecular weight is 707 g/mol. The molecule has 2 aliphatic carbocycles. The number of hydrogen-bond donors (Lipinski definition) is 6. The number of aromatic nitrogens is 1. The van der Waals surface area contributed by atoms with Crippen LogP contribution in [0.4, 0.5) is 0 Å². The summed E-state index contributed by atoms with van der Waals surface area (Å²) < 4.78 is 25.4. The van der Waals surface area contributed by atoms with E-state index in [4.69, 9.17) is 18.9 Å². The topological polar surface area (TPSA) is 146 Å². The van der Waals surface area contributed by atoms with E-state index in [1.807, 2.05) is 30.5 Å². The number of phenols is 2. The summed E-state index contributed by atoms with van der Waals surface area (Å²) in [6.07, 6.45) is 6.87. The molecule has 3 unspecified atom stereocenters. The monoisotopic (exact) mass is 706 g/mol. The predicted octanol–water partition coefficient (Wildman–Crippen LogP) is 6.42. The lowest BCUT2D eigenvalue weighted by Gasteiger charge is -2.39. The van der Waals surface area contributed by atoms with Gasteiger partial charge in [-0.15, -0.1) is 0 Å². The summed E-state index contributed by atoms with van der Waals surface area (Å²) in [6, 6.07) is 21.6. The van der Waals surface area contributed by atoms with Crippen LogP contribution in [0.15, 0.2) is 72.9 Å². The summed E-state index contributed by atoms with van der Waals surface area (Å²) in [6.45, 7) is -0.352. The highest BCUT2D eigenvalue weighted by atomic mass is 16.6. The molecular weight excluding hydrogens is 660 g/mol. The minimum atomic E-state index is -0.841. The molecule has 10 heteroatoms. The lowest BCUT2D eigenvalue weighted by molar-refractivity contribution is -0.0469. The van der Waals surface area contributed by atoms with E-state index in [1.165, 1.54) is 25.5 Å². The number of hydrogen-bond acceptors (Lipinski definition) is 9. The first-order valence-electron chi connectivity index (χ1n) is 18.3. The second kappa shape index (κ2) is 14.7. The van der Waals surface area contributed by atoms with Gasteiger partial charge in [0.1, 0.15) is 29.5 Å². The van der Waals surface area contributed by atoms with E-state index in [-0.39, 0.29) is 36.7 Å². The predicted molar refractivity (Wildman–Crippen MR) is 197 cm³/mol. The molecule has 1 saturated carbocycles. The van der Waals surface area contributed by atoms with Crippen molar-refractivity contribution in [2.45, 2.75) is 75.2 Å². The van der Waals surface area contributed by atoms with Crippen molar-refractivity contribution in [3.63, 3.8) is 0 Å². The number of benzene rings is 4. The first-order valence-corrected chi connectivity index (χ1v) is 18.3. The number of fused-ring (bicyclic) bond motifs is 6. The molecule has 1 fully saturated rings. The number of aliphatic hydroxyl groups excluding tert-OH is 2. The molecule has 52 heavy (non-hydrogen) atoms. The zero-order valence-corrected chi connectivity index (χ0v) is 29.3. The highest BCUT2D eigenvalue weighted by molar-refractivity contribution is 5.83. The number of ether oxygens (including phenoxy) is 4. The van der Waals surface area contributed by atoms with Gasteiger partial charge >= 0.3 is 0 Å². The molecule has 0 radical (unpaired) electrons. The lowest BCUT2D eigenvalue weighted by Crippen LogP contribution is -2.38. The second-order valence-corrected chi connectivity index (χ2v) is 14.3. The first kappa shape index (κ1) is 34.4. The van der Waals surface area contributed by atoms with Crippen LogP contribution in [0.5, 0.6) is 28.7 Å². The smallest absolute Gasteiger partial charge is 0.160 e. The second-order valence-electron chi connectivity index (χ2n) is 14.3. The molecule has 0 spiro atoms. The van der Waals surface area contributed by atoms with E-state index in [0.29, 0.717) is 42.9 Å². The summed E-state index contributed by atoms with van der Waals surface area (Å²) in [4.78, 5) is 3.28. The van der Waals surface area contributed by atoms with Gasteiger partial charge in [-0.05, 0) is 107 Å². The molecule has 5 aromatic rings. The fraction of sp³-hybridized carbons (Fsp3) is 0.381. The Morgan fingerprint density at radius 1 is 0.904 bits per heavy atom. The normalized spacial score (nSPS) is 19.7. The third-order valence-corrected chi connectivity index (χ3v) is 11.0. The number of nitrogens with one attached hydrogen (secondary N) is 2. The SMILES string of the molecule is COc1cc(C2Oc3cc(OC(CO)CO)c4c(c3CC2OCNC2CCCC2)CC(Cc2ccc3[nH]ccc3c2)c2cc(O)ccc2-4)ccc1O. The van der Waals surface area contributed by atoms with Crippen molar-refractivity contribution in [1.29, 1.82) is 0 Å². The van der Waals surface area contributed by atoms with E-state index in [2.05, 4.69) is 34.6 Å². The molecule has 0 amide bonds. The van der Waals surface area contributed by atoms with Crippen molar-refractivity contribution in [2.24, 2.45) is 0 Å². The zero-order chi connectivity index (χ0) is 35.8. The Kier molecular flexibility index (Phi) is 9.72. The Balaban J connectivity index is 1.23. The Bertz CT molecular complexity index is 2050. The first-order chi connectivity index (χ1) is 25.4. The molecule has 0 bridgehead atoms. The van der Waals surface area contributed by atoms with Crippen LogP contribution in [0.1, 0.15) is 65.5 Å². The van der Waals surface area contributed by atoms with Crippen molar-refractivity contribution in [2.75, 3.05) is 27.1 Å². The van der Waals surface area contributed by atoms with Gasteiger partial charge in [0.25, 0.3) is 0 Å². The molecule has 1 aromatic heterocycles. The minimum absolute atomic E-state index is 0.0271. The third-order valence-electron chi connectivity index (χ3n) is 11.0. The highest BCUT2D eigenvalue weighted by Crippen LogP contribution is 2.53. The van der Waals surface area contributed by atoms with E-state index < -0.39 is 12.2 Å². The number of rotatable bonds is 12. The van der Waals surface area contributed by atoms with E-state index in [9.17, 15) is 20.4 Å². The van der Waals surface area contributed by atoms with E-state index >= 15 is 0 Å². The summed E-state index contributed by atoms with van der Waals surface area (Å²) in [5.74, 6) is 1.73. The number of aliphatic hydroxyl groups is 2. The number of phenolic OH excluding ortho intramolecular Hbond substituents is 2. The van der Waals surface area contributed by atoms with Crippen molar-refractivity contribution in [3.05, 3.63) is 101 Å². The van der Waals surface area contributed by atoms with Gasteiger partial charge in [-0.2, -0.15) is 0 Å². The lowest BCUT2D eigenvalue weighted by atomic mass is 9.73. The van der Waals surface area contributed by atoms with Crippen LogP contribution < -0.4 is 19.5 Å². The molecule has 10 nitrogen and oxygen atoms in total. The van der Waals surface area contributed by atoms with Crippen molar-refractivity contribution >= 4 is 10.9 Å². The van der Waals surface area contributed by atoms with Gasteiger partial charge in [0.2, 0.25) is 0 Å². The van der Waals surface area contributed by atoms with Crippen LogP contribution in [-0.2, 0) is 24.0 Å². The van der Waals surface area contributed by atoms with Crippen molar-refractivity contribution < 1.29 is 39.4 Å². The molecule has 1 aliphatic heterocycles. The Morgan fingerprint density at radius 2 is 1.75 bits per heavy atom. The van der Waals surface area contributed by atoms with Crippen LogP contribution in [0.25, 0.3) is 22.0 Å². The molecule has 3 aliphatic rings. The van der Waals surface area contributed by atoms with Crippen molar-refractivity contribution in [1.82, 2.24) is 10.3 Å². The van der Waals surface area contributed by atoms with Crippen LogP contribution in [0.3, 0.4) is 0 Å². The third kappa shape index (κ3) is 6.67. The fourth-order valence-corrected chi connectivity index (χ4v) is 8.37. The Morgan fingerprint density at radius 3 is 2.56 bits per heavy atom. The summed E-state index contributed by atoms with van der Waals surface area (Å²) in [7, 11) is 1.52.